The number of nitrogens with zero attached hydrogens (tertiary/aromatic N) is 1. The van der Waals surface area contributed by atoms with Crippen LogP contribution in [0.2, 0.25) is 5.02 Å². The van der Waals surface area contributed by atoms with E-state index in [4.69, 9.17) is 16.3 Å². The molecule has 1 fully saturated rings. The van der Waals surface area contributed by atoms with E-state index in [0.29, 0.717) is 28.6 Å². The Hall–Kier alpha value is -1.07. The summed E-state index contributed by atoms with van der Waals surface area (Å²) in [4.78, 5) is 14.3. The fourth-order valence-electron chi connectivity index (χ4n) is 2.30. The average molecular weight is 316 g/mol. The first-order valence-electron chi connectivity index (χ1n) is 6.47. The number of hydrogen-bond acceptors (Lipinski definition) is 3. The molecule has 0 unspecified atom stereocenters. The number of hydrogen-bond donors (Lipinski definition) is 0. The van der Waals surface area contributed by atoms with Gasteiger partial charge in [-0.1, -0.05) is 11.6 Å². The Morgan fingerprint density at radius 2 is 2.15 bits per heavy atom. The molecule has 20 heavy (non-hydrogen) atoms. The van der Waals surface area contributed by atoms with Crippen molar-refractivity contribution in [3.8, 4) is 5.75 Å². The Kier molecular flexibility index (Phi) is 4.70. The summed E-state index contributed by atoms with van der Waals surface area (Å²) < 4.78 is 16.9. The summed E-state index contributed by atoms with van der Waals surface area (Å²) in [7, 11) is 0.660. The molecule has 1 aromatic rings. The Morgan fingerprint density at radius 3 is 2.80 bits per heavy atom. The smallest absolute Gasteiger partial charge is 0.254 e. The predicted molar refractivity (Wildman–Crippen MR) is 81.0 cm³/mol. The van der Waals surface area contributed by atoms with Gasteiger partial charge in [-0.3, -0.25) is 9.00 Å². The Morgan fingerprint density at radius 1 is 1.45 bits per heavy atom. The molecule has 0 radical (unpaired) electrons. The van der Waals surface area contributed by atoms with Crippen LogP contribution in [-0.4, -0.2) is 45.7 Å². The van der Waals surface area contributed by atoms with Crippen molar-refractivity contribution in [3.63, 3.8) is 0 Å². The van der Waals surface area contributed by atoms with Crippen LogP contribution in [0.25, 0.3) is 0 Å². The second kappa shape index (κ2) is 6.14. The highest BCUT2D eigenvalue weighted by Gasteiger charge is 2.33. The molecule has 1 aliphatic rings. The van der Waals surface area contributed by atoms with Gasteiger partial charge in [0.1, 0.15) is 5.75 Å². The molecule has 0 spiro atoms. The van der Waals surface area contributed by atoms with Crippen LogP contribution >= 0.6 is 11.6 Å². The van der Waals surface area contributed by atoms with E-state index in [2.05, 4.69) is 0 Å². The van der Waals surface area contributed by atoms with Crippen molar-refractivity contribution in [3.05, 3.63) is 28.8 Å². The zero-order valence-corrected chi connectivity index (χ0v) is 13.3. The molecule has 6 heteroatoms. The Bertz CT molecular complexity index is 549. The molecule has 1 aliphatic heterocycles. The number of carbonyl (C=O) groups excluding carboxylic acids is 1. The summed E-state index contributed by atoms with van der Waals surface area (Å²) in [6, 6.07) is 4.95. The topological polar surface area (TPSA) is 46.6 Å². The average Bonchev–Trinajstić information content (AvgIpc) is 2.45. The van der Waals surface area contributed by atoms with Crippen LogP contribution in [0.4, 0.5) is 0 Å². The Balaban J connectivity index is 2.25. The zero-order chi connectivity index (χ0) is 14.9. The van der Waals surface area contributed by atoms with Crippen LogP contribution in [0.3, 0.4) is 0 Å². The monoisotopic (exact) mass is 315 g/mol. The van der Waals surface area contributed by atoms with E-state index in [1.54, 1.807) is 23.1 Å². The fourth-order valence-corrected chi connectivity index (χ4v) is 3.83. The first-order valence-corrected chi connectivity index (χ1v) is 8.23. The fraction of sp³-hybridized carbons (Fsp3) is 0.500. The van der Waals surface area contributed by atoms with Gasteiger partial charge in [0.15, 0.2) is 0 Å². The minimum absolute atomic E-state index is 0.0121. The highest BCUT2D eigenvalue weighted by atomic mass is 35.5. The molecule has 0 bridgehead atoms. The van der Waals surface area contributed by atoms with Crippen LogP contribution in [0, 0.1) is 0 Å². The number of halogens is 1. The number of amides is 1. The normalized spacial score (nSPS) is 26.4. The maximum Gasteiger partial charge on any atom is 0.254 e. The van der Waals surface area contributed by atoms with Gasteiger partial charge in [-0.2, -0.15) is 0 Å². The molecule has 1 aromatic carbocycles. The lowest BCUT2D eigenvalue weighted by Gasteiger charge is -2.37. The standard InChI is InChI=1S/C14H18ClNO3S/c1-9-10(2)20(18)7-6-16(9)14(17)11-4-5-12(15)13(8-11)19-3/h4-5,8-10H,6-7H2,1-3H3/t9-,10-,20-/m0/s1. The number of rotatable bonds is 2. The van der Waals surface area contributed by atoms with E-state index in [0.717, 1.165) is 0 Å². The largest absolute Gasteiger partial charge is 0.495 e. The Labute approximate surface area is 126 Å². The quantitative estimate of drug-likeness (QED) is 0.841. The van der Waals surface area contributed by atoms with Gasteiger partial charge in [-0.15, -0.1) is 0 Å². The third-order valence-electron chi connectivity index (χ3n) is 3.78. The summed E-state index contributed by atoms with van der Waals surface area (Å²) >= 11 is 5.97. The van der Waals surface area contributed by atoms with E-state index in [1.165, 1.54) is 7.11 Å². The maximum atomic E-state index is 12.6. The summed E-state index contributed by atoms with van der Waals surface area (Å²) in [6.45, 7) is 4.37. The van der Waals surface area contributed by atoms with Gasteiger partial charge in [0.25, 0.3) is 5.91 Å². The van der Waals surface area contributed by atoms with Crippen LogP contribution in [0.1, 0.15) is 24.2 Å². The maximum absolute atomic E-state index is 12.6. The summed E-state index contributed by atoms with van der Waals surface area (Å²) in [5.74, 6) is 0.942. The first kappa shape index (κ1) is 15.3. The molecule has 110 valence electrons. The summed E-state index contributed by atoms with van der Waals surface area (Å²) in [5, 5.41) is 0.465. The molecule has 1 amide bonds. The minimum Gasteiger partial charge on any atom is -0.495 e. The van der Waals surface area contributed by atoms with E-state index >= 15 is 0 Å². The van der Waals surface area contributed by atoms with Gasteiger partial charge in [0.2, 0.25) is 0 Å². The van der Waals surface area contributed by atoms with Crippen molar-refractivity contribution in [2.45, 2.75) is 25.1 Å². The molecular formula is C14H18ClNO3S. The molecule has 1 saturated heterocycles. The van der Waals surface area contributed by atoms with Crippen molar-refractivity contribution in [1.29, 1.82) is 0 Å². The van der Waals surface area contributed by atoms with Crippen LogP contribution in [-0.2, 0) is 10.8 Å². The minimum atomic E-state index is -0.858. The predicted octanol–water partition coefficient (Wildman–Crippen LogP) is 2.33. The lowest BCUT2D eigenvalue weighted by molar-refractivity contribution is 0.0695. The second-order valence-electron chi connectivity index (χ2n) is 4.88. The molecule has 3 atom stereocenters. The van der Waals surface area contributed by atoms with Crippen LogP contribution < -0.4 is 4.74 Å². The molecule has 0 N–H and O–H groups in total. The number of benzene rings is 1. The van der Waals surface area contributed by atoms with Crippen molar-refractivity contribution >= 4 is 28.3 Å². The molecule has 0 aliphatic carbocycles. The lowest BCUT2D eigenvalue weighted by atomic mass is 10.1. The number of methoxy groups -OCH3 is 1. The van der Waals surface area contributed by atoms with E-state index < -0.39 is 10.8 Å². The molecule has 0 aromatic heterocycles. The molecule has 2 rings (SSSR count). The van der Waals surface area contributed by atoms with Gasteiger partial charge in [0.05, 0.1) is 17.4 Å². The third-order valence-corrected chi connectivity index (χ3v) is 5.90. The van der Waals surface area contributed by atoms with E-state index in [-0.39, 0.29) is 17.2 Å². The highest BCUT2D eigenvalue weighted by Crippen LogP contribution is 2.27. The van der Waals surface area contributed by atoms with E-state index in [9.17, 15) is 9.00 Å². The van der Waals surface area contributed by atoms with Gasteiger partial charge >= 0.3 is 0 Å². The van der Waals surface area contributed by atoms with Gasteiger partial charge < -0.3 is 9.64 Å². The highest BCUT2D eigenvalue weighted by molar-refractivity contribution is 7.85. The first-order chi connectivity index (χ1) is 9.45. The number of ether oxygens (including phenoxy) is 1. The van der Waals surface area contributed by atoms with Gasteiger partial charge in [-0.25, -0.2) is 0 Å². The van der Waals surface area contributed by atoms with Gasteiger partial charge in [-0.05, 0) is 32.0 Å². The molecule has 4 nitrogen and oxygen atoms in total. The van der Waals surface area contributed by atoms with Crippen molar-refractivity contribution in [1.82, 2.24) is 4.90 Å². The van der Waals surface area contributed by atoms with Crippen molar-refractivity contribution in [2.75, 3.05) is 19.4 Å². The summed E-state index contributed by atoms with van der Waals surface area (Å²) in [6.07, 6.45) is 0. The molecular weight excluding hydrogens is 298 g/mol. The van der Waals surface area contributed by atoms with Crippen molar-refractivity contribution < 1.29 is 13.7 Å². The SMILES string of the molecule is COc1cc(C(=O)N2CC[S@](=O)[C@@H](C)[C@@H]2C)ccc1Cl. The molecule has 1 heterocycles. The van der Waals surface area contributed by atoms with Gasteiger partial charge in [0, 0.05) is 34.7 Å². The van der Waals surface area contributed by atoms with Crippen molar-refractivity contribution in [2.24, 2.45) is 0 Å². The summed E-state index contributed by atoms with van der Waals surface area (Å²) in [5.41, 5.74) is 0.540. The third kappa shape index (κ3) is 2.83. The second-order valence-corrected chi connectivity index (χ2v) is 7.20. The van der Waals surface area contributed by atoms with E-state index in [1.807, 2.05) is 13.8 Å². The lowest BCUT2D eigenvalue weighted by Crippen LogP contribution is -2.52. The zero-order valence-electron chi connectivity index (χ0n) is 11.8. The van der Waals surface area contributed by atoms with Crippen LogP contribution in [0.15, 0.2) is 18.2 Å². The number of carbonyl (C=O) groups is 1. The van der Waals surface area contributed by atoms with Crippen LogP contribution in [0.5, 0.6) is 5.75 Å². The molecule has 0 saturated carbocycles.